The summed E-state index contributed by atoms with van der Waals surface area (Å²) in [5.74, 6) is -1.29. The van der Waals surface area contributed by atoms with Crippen molar-refractivity contribution in [2.24, 2.45) is 0 Å². The number of amides is 1. The van der Waals surface area contributed by atoms with Crippen molar-refractivity contribution < 1.29 is 24.2 Å². The molecule has 1 unspecified atom stereocenters. The third-order valence-electron chi connectivity index (χ3n) is 2.19. The first-order chi connectivity index (χ1) is 7.15. The average Bonchev–Trinajstić information content (AvgIpc) is 2.19. The Morgan fingerprint density at radius 2 is 2.47 bits per heavy atom. The van der Waals surface area contributed by atoms with Crippen LogP contribution in [0.4, 0.5) is 0 Å². The van der Waals surface area contributed by atoms with Gasteiger partial charge < -0.3 is 19.5 Å². The van der Waals surface area contributed by atoms with Gasteiger partial charge in [0, 0.05) is 20.2 Å². The van der Waals surface area contributed by atoms with Crippen LogP contribution >= 0.6 is 0 Å². The normalized spacial score (nSPS) is 21.8. The van der Waals surface area contributed by atoms with Gasteiger partial charge in [-0.3, -0.25) is 9.59 Å². The molecule has 0 aromatic rings. The molecule has 0 bridgehead atoms. The van der Waals surface area contributed by atoms with E-state index in [2.05, 4.69) is 0 Å². The predicted octanol–water partition coefficient (Wildman–Crippen LogP) is -0.665. The quantitative estimate of drug-likeness (QED) is 0.661. The molecule has 1 atom stereocenters. The molecule has 0 aromatic carbocycles. The molecule has 86 valence electrons. The van der Waals surface area contributed by atoms with E-state index in [0.717, 1.165) is 0 Å². The van der Waals surface area contributed by atoms with Crippen LogP contribution < -0.4 is 0 Å². The van der Waals surface area contributed by atoms with Gasteiger partial charge >= 0.3 is 5.97 Å². The number of methoxy groups -OCH3 is 1. The van der Waals surface area contributed by atoms with Crippen LogP contribution in [0.1, 0.15) is 6.42 Å². The summed E-state index contributed by atoms with van der Waals surface area (Å²) in [5.41, 5.74) is 0. The van der Waals surface area contributed by atoms with Crippen molar-refractivity contribution in [3.63, 3.8) is 0 Å². The Hall–Kier alpha value is -1.14. The lowest BCUT2D eigenvalue weighted by molar-refractivity contribution is -0.159. The zero-order valence-electron chi connectivity index (χ0n) is 8.64. The standard InChI is InChI=1S/C9H15NO5/c1-14-4-2-10-3-5-15-7(9(10)13)6-8(11)12/h7H,2-6H2,1H3,(H,11,12). The molecule has 1 aliphatic heterocycles. The molecule has 1 saturated heterocycles. The summed E-state index contributed by atoms with van der Waals surface area (Å²) in [6.45, 7) is 1.81. The van der Waals surface area contributed by atoms with Crippen molar-refractivity contribution in [3.8, 4) is 0 Å². The van der Waals surface area contributed by atoms with Gasteiger partial charge in [0.05, 0.1) is 19.6 Å². The highest BCUT2D eigenvalue weighted by molar-refractivity contribution is 5.85. The monoisotopic (exact) mass is 217 g/mol. The molecule has 6 heteroatoms. The van der Waals surface area contributed by atoms with E-state index in [9.17, 15) is 9.59 Å². The van der Waals surface area contributed by atoms with Crippen LogP contribution in [0.25, 0.3) is 0 Å². The predicted molar refractivity (Wildman–Crippen MR) is 50.4 cm³/mol. The first kappa shape index (κ1) is 11.9. The second-order valence-electron chi connectivity index (χ2n) is 3.28. The molecule has 1 fully saturated rings. The van der Waals surface area contributed by atoms with Gasteiger partial charge in [-0.15, -0.1) is 0 Å². The summed E-state index contributed by atoms with van der Waals surface area (Å²) in [6.07, 6.45) is -1.12. The van der Waals surface area contributed by atoms with Gasteiger partial charge in [-0.1, -0.05) is 0 Å². The van der Waals surface area contributed by atoms with E-state index >= 15 is 0 Å². The van der Waals surface area contributed by atoms with Gasteiger partial charge in [0.2, 0.25) is 0 Å². The number of hydrogen-bond acceptors (Lipinski definition) is 4. The molecular formula is C9H15NO5. The minimum Gasteiger partial charge on any atom is -0.481 e. The van der Waals surface area contributed by atoms with Crippen LogP contribution in [-0.4, -0.2) is 61.4 Å². The Morgan fingerprint density at radius 1 is 1.73 bits per heavy atom. The highest BCUT2D eigenvalue weighted by Crippen LogP contribution is 2.10. The first-order valence-electron chi connectivity index (χ1n) is 4.76. The number of hydrogen-bond donors (Lipinski definition) is 1. The molecule has 0 aromatic heterocycles. The smallest absolute Gasteiger partial charge is 0.306 e. The van der Waals surface area contributed by atoms with E-state index in [0.29, 0.717) is 26.3 Å². The van der Waals surface area contributed by atoms with E-state index in [1.54, 1.807) is 12.0 Å². The number of carboxylic acids is 1. The van der Waals surface area contributed by atoms with Gasteiger partial charge in [0.15, 0.2) is 0 Å². The molecule has 0 spiro atoms. The second-order valence-corrected chi connectivity index (χ2v) is 3.28. The van der Waals surface area contributed by atoms with Gasteiger partial charge in [-0.05, 0) is 0 Å². The lowest BCUT2D eigenvalue weighted by Crippen LogP contribution is -2.49. The molecule has 1 N–H and O–H groups in total. The third kappa shape index (κ3) is 3.49. The fraction of sp³-hybridized carbons (Fsp3) is 0.778. The number of nitrogens with zero attached hydrogens (tertiary/aromatic N) is 1. The maximum Gasteiger partial charge on any atom is 0.306 e. The van der Waals surface area contributed by atoms with E-state index in [-0.39, 0.29) is 12.3 Å². The van der Waals surface area contributed by atoms with Crippen molar-refractivity contribution in [3.05, 3.63) is 0 Å². The number of carboxylic acid groups (broad SMARTS) is 1. The summed E-state index contributed by atoms with van der Waals surface area (Å²) >= 11 is 0. The number of carbonyl (C=O) groups excluding carboxylic acids is 1. The number of ether oxygens (including phenoxy) is 2. The highest BCUT2D eigenvalue weighted by atomic mass is 16.5. The Kier molecular flexibility index (Phi) is 4.51. The molecule has 1 heterocycles. The summed E-state index contributed by atoms with van der Waals surface area (Å²) in [5, 5.41) is 8.57. The van der Waals surface area contributed by atoms with Crippen LogP contribution in [0.3, 0.4) is 0 Å². The van der Waals surface area contributed by atoms with Gasteiger partial charge in [-0.25, -0.2) is 0 Å². The van der Waals surface area contributed by atoms with Crippen LogP contribution in [0.2, 0.25) is 0 Å². The number of carbonyl (C=O) groups is 2. The minimum absolute atomic E-state index is 0.263. The minimum atomic E-state index is -1.03. The van der Waals surface area contributed by atoms with Crippen molar-refractivity contribution in [2.45, 2.75) is 12.5 Å². The lowest BCUT2D eigenvalue weighted by Gasteiger charge is -2.31. The molecule has 1 aliphatic rings. The third-order valence-corrected chi connectivity index (χ3v) is 2.19. The summed E-state index contributed by atoms with van der Waals surface area (Å²) in [7, 11) is 1.56. The molecule has 1 amide bonds. The molecule has 0 aliphatic carbocycles. The summed E-state index contributed by atoms with van der Waals surface area (Å²) < 4.78 is 9.96. The van der Waals surface area contributed by atoms with E-state index in [4.69, 9.17) is 14.6 Å². The highest BCUT2D eigenvalue weighted by Gasteiger charge is 2.30. The number of morpholine rings is 1. The van der Waals surface area contributed by atoms with Gasteiger partial charge in [-0.2, -0.15) is 0 Å². The first-order valence-corrected chi connectivity index (χ1v) is 4.76. The topological polar surface area (TPSA) is 76.1 Å². The summed E-state index contributed by atoms with van der Waals surface area (Å²) in [4.78, 5) is 23.7. The Bertz CT molecular complexity index is 243. The van der Waals surface area contributed by atoms with E-state index < -0.39 is 12.1 Å². The Morgan fingerprint density at radius 3 is 3.07 bits per heavy atom. The van der Waals surface area contributed by atoms with Crippen molar-refractivity contribution in [2.75, 3.05) is 33.4 Å². The zero-order valence-corrected chi connectivity index (χ0v) is 8.64. The van der Waals surface area contributed by atoms with Crippen molar-refractivity contribution in [1.29, 1.82) is 0 Å². The lowest BCUT2D eigenvalue weighted by atomic mass is 10.2. The van der Waals surface area contributed by atoms with Crippen LogP contribution in [0.15, 0.2) is 0 Å². The largest absolute Gasteiger partial charge is 0.481 e. The van der Waals surface area contributed by atoms with Gasteiger partial charge in [0.25, 0.3) is 5.91 Å². The molecule has 15 heavy (non-hydrogen) atoms. The van der Waals surface area contributed by atoms with E-state index in [1.807, 2.05) is 0 Å². The van der Waals surface area contributed by atoms with E-state index in [1.165, 1.54) is 0 Å². The fourth-order valence-corrected chi connectivity index (χ4v) is 1.42. The van der Waals surface area contributed by atoms with Crippen molar-refractivity contribution in [1.82, 2.24) is 4.90 Å². The fourth-order valence-electron chi connectivity index (χ4n) is 1.42. The SMILES string of the molecule is COCCN1CCOC(CC(=O)O)C1=O. The molecular weight excluding hydrogens is 202 g/mol. The van der Waals surface area contributed by atoms with Crippen molar-refractivity contribution >= 4 is 11.9 Å². The molecule has 6 nitrogen and oxygen atoms in total. The van der Waals surface area contributed by atoms with Crippen LogP contribution in [0, 0.1) is 0 Å². The number of rotatable bonds is 5. The molecule has 0 radical (unpaired) electrons. The summed E-state index contributed by atoms with van der Waals surface area (Å²) in [6, 6.07) is 0. The van der Waals surface area contributed by atoms with Gasteiger partial charge in [0.1, 0.15) is 6.10 Å². The zero-order chi connectivity index (χ0) is 11.3. The molecule has 0 saturated carbocycles. The second kappa shape index (κ2) is 5.67. The maximum atomic E-state index is 11.6. The van der Waals surface area contributed by atoms with Crippen LogP contribution in [-0.2, 0) is 19.1 Å². The Labute approximate surface area is 87.8 Å². The average molecular weight is 217 g/mol. The van der Waals surface area contributed by atoms with Crippen LogP contribution in [0.5, 0.6) is 0 Å². The molecule has 1 rings (SSSR count). The Balaban J connectivity index is 2.47. The maximum absolute atomic E-state index is 11.6. The number of aliphatic carboxylic acids is 1.